The molecule has 0 aliphatic rings. The number of ether oxygens (including phenoxy) is 2. The van der Waals surface area contributed by atoms with Crippen molar-refractivity contribution in [3.63, 3.8) is 0 Å². The molecule has 0 aliphatic heterocycles. The lowest BCUT2D eigenvalue weighted by molar-refractivity contribution is -0.157. The predicted molar refractivity (Wildman–Crippen MR) is 126 cm³/mol. The topological polar surface area (TPSA) is 157 Å². The van der Waals surface area contributed by atoms with Crippen molar-refractivity contribution >= 4 is 43.5 Å². The first-order valence-corrected chi connectivity index (χ1v) is 13.7. The van der Waals surface area contributed by atoms with Crippen molar-refractivity contribution in [3.05, 3.63) is 23.8 Å². The molecule has 0 heterocycles. The molecule has 1 aromatic carbocycles. The van der Waals surface area contributed by atoms with Crippen LogP contribution in [-0.2, 0) is 40.7 Å². The molecule has 1 aromatic rings. The van der Waals surface area contributed by atoms with Gasteiger partial charge in [0, 0.05) is 6.42 Å². The van der Waals surface area contributed by atoms with Crippen molar-refractivity contribution in [1.29, 1.82) is 0 Å². The van der Waals surface area contributed by atoms with E-state index in [1.165, 1.54) is 18.2 Å². The quantitative estimate of drug-likeness (QED) is 0.452. The van der Waals surface area contributed by atoms with Gasteiger partial charge in [-0.25, -0.2) is 26.4 Å². The Labute approximate surface area is 195 Å². The van der Waals surface area contributed by atoms with E-state index >= 15 is 0 Å². The Kier molecular flexibility index (Phi) is 8.77. The number of esters is 1. The maximum absolute atomic E-state index is 12.8. The standard InChI is InChI=1S/C20H33N3O8S2/c1-19(2,3)30-17(24)16(21-18(25)31-20(4,5)6)11-13-9-14(22-32(7,26)27)12-15(10-13)23-33(8,28)29/h9-10,12,16,22-23H,11H2,1-8H3,(H,21,25)/t16-/m0/s1. The average Bonchev–Trinajstić information content (AvgIpc) is 2.46. The third-order valence-corrected chi connectivity index (χ3v) is 4.63. The summed E-state index contributed by atoms with van der Waals surface area (Å²) in [4.78, 5) is 25.1. The Morgan fingerprint density at radius 2 is 1.24 bits per heavy atom. The minimum atomic E-state index is -3.67. The van der Waals surface area contributed by atoms with Crippen molar-refractivity contribution in [2.45, 2.75) is 65.2 Å². The summed E-state index contributed by atoms with van der Waals surface area (Å²) in [6.45, 7) is 10.00. The first-order chi connectivity index (χ1) is 14.6. The molecular weight excluding hydrogens is 474 g/mol. The van der Waals surface area contributed by atoms with E-state index in [0.29, 0.717) is 5.56 Å². The zero-order valence-electron chi connectivity index (χ0n) is 20.1. The summed E-state index contributed by atoms with van der Waals surface area (Å²) < 4.78 is 61.9. The molecule has 1 rings (SSSR count). The number of rotatable bonds is 8. The van der Waals surface area contributed by atoms with Crippen LogP contribution in [0, 0.1) is 0 Å². The van der Waals surface area contributed by atoms with Gasteiger partial charge in [0.25, 0.3) is 0 Å². The summed E-state index contributed by atoms with van der Waals surface area (Å²) in [6.07, 6.45) is 0.901. The smallest absolute Gasteiger partial charge is 0.408 e. The van der Waals surface area contributed by atoms with Gasteiger partial charge in [0.2, 0.25) is 20.0 Å². The lowest BCUT2D eigenvalue weighted by Crippen LogP contribution is -2.47. The Bertz CT molecular complexity index is 1030. The van der Waals surface area contributed by atoms with Gasteiger partial charge in [0.05, 0.1) is 23.9 Å². The van der Waals surface area contributed by atoms with E-state index in [4.69, 9.17) is 9.47 Å². The van der Waals surface area contributed by atoms with Crippen LogP contribution in [0.1, 0.15) is 47.1 Å². The van der Waals surface area contributed by atoms with E-state index in [-0.39, 0.29) is 17.8 Å². The monoisotopic (exact) mass is 507 g/mol. The second-order valence-corrected chi connectivity index (χ2v) is 13.1. The van der Waals surface area contributed by atoms with Gasteiger partial charge in [0.1, 0.15) is 17.2 Å². The fourth-order valence-corrected chi connectivity index (χ4v) is 3.70. The molecule has 1 atom stereocenters. The number of carbonyl (C=O) groups is 2. The summed E-state index contributed by atoms with van der Waals surface area (Å²) >= 11 is 0. The molecule has 3 N–H and O–H groups in total. The molecule has 13 heteroatoms. The number of anilines is 2. The molecular formula is C20H33N3O8S2. The minimum absolute atomic E-state index is 0.0707. The van der Waals surface area contributed by atoms with E-state index < -0.39 is 49.4 Å². The van der Waals surface area contributed by atoms with Gasteiger partial charge in [-0.05, 0) is 65.3 Å². The van der Waals surface area contributed by atoms with E-state index in [9.17, 15) is 26.4 Å². The number of nitrogens with one attached hydrogen (secondary N) is 3. The Morgan fingerprint density at radius 3 is 1.61 bits per heavy atom. The Balaban J connectivity index is 3.36. The van der Waals surface area contributed by atoms with Crippen LogP contribution < -0.4 is 14.8 Å². The molecule has 0 saturated heterocycles. The fraction of sp³-hybridized carbons (Fsp3) is 0.600. The molecule has 0 aromatic heterocycles. The molecule has 0 aliphatic carbocycles. The normalized spacial score (nSPS) is 13.6. The first kappa shape index (κ1) is 28.5. The van der Waals surface area contributed by atoms with Gasteiger partial charge in [-0.3, -0.25) is 9.44 Å². The Hall–Kier alpha value is -2.54. The number of hydrogen-bond acceptors (Lipinski definition) is 8. The van der Waals surface area contributed by atoms with Crippen LogP contribution in [0.4, 0.5) is 16.2 Å². The molecule has 0 fully saturated rings. The number of benzene rings is 1. The second-order valence-electron chi connectivity index (χ2n) is 9.60. The lowest BCUT2D eigenvalue weighted by atomic mass is 10.0. The lowest BCUT2D eigenvalue weighted by Gasteiger charge is -2.26. The van der Waals surface area contributed by atoms with Crippen molar-refractivity contribution in [2.75, 3.05) is 22.0 Å². The summed E-state index contributed by atoms with van der Waals surface area (Å²) in [7, 11) is -7.34. The molecule has 0 saturated carbocycles. The van der Waals surface area contributed by atoms with Gasteiger partial charge >= 0.3 is 12.1 Å². The maximum atomic E-state index is 12.8. The third-order valence-electron chi connectivity index (χ3n) is 3.42. The van der Waals surface area contributed by atoms with Crippen molar-refractivity contribution in [1.82, 2.24) is 5.32 Å². The van der Waals surface area contributed by atoms with Crippen LogP contribution in [0.5, 0.6) is 0 Å². The van der Waals surface area contributed by atoms with Crippen LogP contribution in [0.2, 0.25) is 0 Å². The van der Waals surface area contributed by atoms with Crippen LogP contribution in [0.25, 0.3) is 0 Å². The highest BCUT2D eigenvalue weighted by atomic mass is 32.2. The van der Waals surface area contributed by atoms with Crippen LogP contribution >= 0.6 is 0 Å². The third kappa shape index (κ3) is 12.9. The number of hydrogen-bond donors (Lipinski definition) is 3. The SMILES string of the molecule is CC(C)(C)OC(=O)N[C@@H](Cc1cc(NS(C)(=O)=O)cc(NS(C)(=O)=O)c1)C(=O)OC(C)(C)C. The van der Waals surface area contributed by atoms with Gasteiger partial charge in [-0.1, -0.05) is 0 Å². The van der Waals surface area contributed by atoms with E-state index in [2.05, 4.69) is 14.8 Å². The fourth-order valence-electron chi connectivity index (χ4n) is 2.61. The van der Waals surface area contributed by atoms with Crippen LogP contribution in [0.3, 0.4) is 0 Å². The zero-order chi connectivity index (χ0) is 25.8. The molecule has 0 bridgehead atoms. The van der Waals surface area contributed by atoms with Gasteiger partial charge in [-0.15, -0.1) is 0 Å². The minimum Gasteiger partial charge on any atom is -0.458 e. The molecule has 0 unspecified atom stereocenters. The number of sulfonamides is 2. The van der Waals surface area contributed by atoms with Gasteiger partial charge in [-0.2, -0.15) is 0 Å². The Morgan fingerprint density at radius 1 is 0.818 bits per heavy atom. The molecule has 33 heavy (non-hydrogen) atoms. The van der Waals surface area contributed by atoms with E-state index in [1.54, 1.807) is 41.5 Å². The van der Waals surface area contributed by atoms with Crippen molar-refractivity contribution < 1.29 is 35.9 Å². The molecule has 188 valence electrons. The second kappa shape index (κ2) is 10.2. The van der Waals surface area contributed by atoms with Crippen LogP contribution in [0.15, 0.2) is 18.2 Å². The molecule has 0 radical (unpaired) electrons. The largest absolute Gasteiger partial charge is 0.458 e. The summed E-state index contributed by atoms with van der Waals surface area (Å²) in [5.41, 5.74) is -1.16. The summed E-state index contributed by atoms with van der Waals surface area (Å²) in [5, 5.41) is 2.47. The highest BCUT2D eigenvalue weighted by Gasteiger charge is 2.29. The number of amides is 1. The van der Waals surface area contributed by atoms with Gasteiger partial charge < -0.3 is 14.8 Å². The molecule has 11 nitrogen and oxygen atoms in total. The maximum Gasteiger partial charge on any atom is 0.408 e. The molecule has 0 spiro atoms. The number of alkyl carbamates (subject to hydrolysis) is 1. The van der Waals surface area contributed by atoms with Gasteiger partial charge in [0.15, 0.2) is 0 Å². The highest BCUT2D eigenvalue weighted by Crippen LogP contribution is 2.23. The van der Waals surface area contributed by atoms with E-state index in [1.807, 2.05) is 0 Å². The summed E-state index contributed by atoms with van der Waals surface area (Å²) in [5.74, 6) is -0.743. The molecule has 1 amide bonds. The highest BCUT2D eigenvalue weighted by molar-refractivity contribution is 7.92. The van der Waals surface area contributed by atoms with Crippen molar-refractivity contribution in [2.24, 2.45) is 0 Å². The van der Waals surface area contributed by atoms with Crippen molar-refractivity contribution in [3.8, 4) is 0 Å². The summed E-state index contributed by atoms with van der Waals surface area (Å²) in [6, 6.07) is 2.93. The average molecular weight is 508 g/mol. The van der Waals surface area contributed by atoms with Crippen LogP contribution in [-0.4, -0.2) is 58.7 Å². The zero-order valence-corrected chi connectivity index (χ0v) is 21.7. The van der Waals surface area contributed by atoms with E-state index in [0.717, 1.165) is 12.5 Å². The number of carbonyl (C=O) groups excluding carboxylic acids is 2. The predicted octanol–water partition coefficient (Wildman–Crippen LogP) is 2.21. The first-order valence-electron chi connectivity index (χ1n) is 9.94.